The van der Waals surface area contributed by atoms with E-state index in [9.17, 15) is 14.7 Å². The van der Waals surface area contributed by atoms with Crippen LogP contribution >= 0.6 is 23.4 Å². The van der Waals surface area contributed by atoms with Gasteiger partial charge in [-0.05, 0) is 49.0 Å². The van der Waals surface area contributed by atoms with Gasteiger partial charge in [-0.2, -0.15) is 0 Å². The topological polar surface area (TPSA) is 66.8 Å². The summed E-state index contributed by atoms with van der Waals surface area (Å²) < 4.78 is 5.33. The Labute approximate surface area is 153 Å². The number of imide groups is 1. The van der Waals surface area contributed by atoms with Gasteiger partial charge in [0.25, 0.3) is 11.1 Å². The number of benzene rings is 2. The fourth-order valence-electron chi connectivity index (χ4n) is 2.37. The van der Waals surface area contributed by atoms with E-state index in [4.69, 9.17) is 16.3 Å². The second kappa shape index (κ2) is 7.21. The van der Waals surface area contributed by atoms with Crippen molar-refractivity contribution in [3.05, 3.63) is 58.0 Å². The summed E-state index contributed by atoms with van der Waals surface area (Å²) in [6.45, 7) is 2.21. The van der Waals surface area contributed by atoms with Crippen LogP contribution < -0.4 is 9.64 Å². The van der Waals surface area contributed by atoms with Crippen LogP contribution in [0.2, 0.25) is 5.02 Å². The van der Waals surface area contributed by atoms with Crippen molar-refractivity contribution in [1.29, 1.82) is 0 Å². The van der Waals surface area contributed by atoms with Crippen molar-refractivity contribution >= 4 is 46.3 Å². The van der Waals surface area contributed by atoms with Crippen LogP contribution in [0.1, 0.15) is 12.5 Å². The van der Waals surface area contributed by atoms with E-state index < -0.39 is 11.1 Å². The smallest absolute Gasteiger partial charge is 0.298 e. The molecule has 25 heavy (non-hydrogen) atoms. The first kappa shape index (κ1) is 17.4. The lowest BCUT2D eigenvalue weighted by molar-refractivity contribution is -0.113. The van der Waals surface area contributed by atoms with Crippen LogP contribution in [0.25, 0.3) is 6.08 Å². The molecule has 0 unspecified atom stereocenters. The average molecular weight is 376 g/mol. The third-order valence-corrected chi connectivity index (χ3v) is 4.58. The molecule has 0 radical (unpaired) electrons. The molecule has 128 valence electrons. The summed E-state index contributed by atoms with van der Waals surface area (Å²) in [4.78, 5) is 26.1. The largest absolute Gasteiger partial charge is 0.504 e. The number of hydrogen-bond acceptors (Lipinski definition) is 5. The molecular formula is C18H14ClNO4S. The van der Waals surface area contributed by atoms with Crippen LogP contribution in [0.4, 0.5) is 10.5 Å². The highest BCUT2D eigenvalue weighted by Gasteiger charge is 2.36. The highest BCUT2D eigenvalue weighted by atomic mass is 35.5. The van der Waals surface area contributed by atoms with E-state index in [-0.39, 0.29) is 10.7 Å². The van der Waals surface area contributed by atoms with Gasteiger partial charge in [-0.25, -0.2) is 4.90 Å². The van der Waals surface area contributed by atoms with Crippen molar-refractivity contribution in [3.63, 3.8) is 0 Å². The lowest BCUT2D eigenvalue weighted by atomic mass is 10.1. The molecule has 2 aromatic carbocycles. The van der Waals surface area contributed by atoms with Gasteiger partial charge in [0.15, 0.2) is 11.5 Å². The SMILES string of the molecule is CCOc1cccc(C=C2SC(=O)N(c3cccc(Cl)c3)C2=O)c1O. The van der Waals surface area contributed by atoms with Crippen molar-refractivity contribution < 1.29 is 19.4 Å². The summed E-state index contributed by atoms with van der Waals surface area (Å²) in [7, 11) is 0. The number of para-hydroxylation sites is 1. The zero-order chi connectivity index (χ0) is 18.0. The number of hydrogen-bond donors (Lipinski definition) is 1. The summed E-state index contributed by atoms with van der Waals surface area (Å²) in [5, 5.41) is 10.3. The Morgan fingerprint density at radius 3 is 2.72 bits per heavy atom. The lowest BCUT2D eigenvalue weighted by Crippen LogP contribution is -2.27. The Balaban J connectivity index is 1.95. The average Bonchev–Trinajstić information content (AvgIpc) is 2.85. The molecule has 2 amide bonds. The maximum atomic E-state index is 12.6. The normalized spacial score (nSPS) is 15.9. The molecule has 3 rings (SSSR count). The van der Waals surface area contributed by atoms with Crippen molar-refractivity contribution in [2.45, 2.75) is 6.92 Å². The van der Waals surface area contributed by atoms with Gasteiger partial charge in [0.05, 0.1) is 17.2 Å². The molecule has 2 aromatic rings. The summed E-state index contributed by atoms with van der Waals surface area (Å²) >= 11 is 6.74. The van der Waals surface area contributed by atoms with Crippen LogP contribution in [-0.2, 0) is 4.79 Å². The summed E-state index contributed by atoms with van der Waals surface area (Å²) in [5.74, 6) is -0.206. The minimum absolute atomic E-state index is 0.0705. The number of thioether (sulfide) groups is 1. The van der Waals surface area contributed by atoms with Gasteiger partial charge < -0.3 is 9.84 Å². The fraction of sp³-hybridized carbons (Fsp3) is 0.111. The fourth-order valence-corrected chi connectivity index (χ4v) is 3.39. The molecule has 0 aliphatic carbocycles. The summed E-state index contributed by atoms with van der Waals surface area (Å²) in [5.41, 5.74) is 0.813. The van der Waals surface area contributed by atoms with E-state index in [1.165, 1.54) is 6.08 Å². The molecule has 5 nitrogen and oxygen atoms in total. The number of rotatable bonds is 4. The van der Waals surface area contributed by atoms with Gasteiger partial charge in [-0.15, -0.1) is 0 Å². The van der Waals surface area contributed by atoms with Crippen molar-refractivity contribution in [3.8, 4) is 11.5 Å². The number of ether oxygens (including phenoxy) is 1. The molecule has 1 N–H and O–H groups in total. The summed E-state index contributed by atoms with van der Waals surface area (Å²) in [6, 6.07) is 11.5. The third kappa shape index (κ3) is 3.50. The van der Waals surface area contributed by atoms with Crippen LogP contribution in [0.3, 0.4) is 0 Å². The van der Waals surface area contributed by atoms with Crippen molar-refractivity contribution in [2.75, 3.05) is 11.5 Å². The number of aromatic hydroxyl groups is 1. The number of phenols is 1. The Bertz CT molecular complexity index is 881. The monoisotopic (exact) mass is 375 g/mol. The molecule has 7 heteroatoms. The van der Waals surface area contributed by atoms with Gasteiger partial charge in [0.1, 0.15) is 0 Å². The number of phenolic OH excluding ortho intramolecular Hbond substituents is 1. The minimum atomic E-state index is -0.460. The van der Waals surface area contributed by atoms with Crippen LogP contribution in [-0.4, -0.2) is 22.9 Å². The predicted molar refractivity (Wildman–Crippen MR) is 99.2 cm³/mol. The molecule has 0 spiro atoms. The Hall–Kier alpha value is -2.44. The number of carbonyl (C=O) groups excluding carboxylic acids is 2. The molecule has 0 saturated carbocycles. The third-order valence-electron chi connectivity index (χ3n) is 3.48. The van der Waals surface area contributed by atoms with Crippen LogP contribution in [0, 0.1) is 0 Å². The Morgan fingerprint density at radius 2 is 2.00 bits per heavy atom. The zero-order valence-electron chi connectivity index (χ0n) is 13.2. The quantitative estimate of drug-likeness (QED) is 0.785. The van der Waals surface area contributed by atoms with E-state index in [0.717, 1.165) is 16.7 Å². The second-order valence-electron chi connectivity index (χ2n) is 5.12. The molecule has 0 aromatic heterocycles. The first-order chi connectivity index (χ1) is 12.0. The molecule has 1 heterocycles. The number of carbonyl (C=O) groups is 2. The first-order valence-electron chi connectivity index (χ1n) is 7.49. The van der Waals surface area contributed by atoms with Crippen molar-refractivity contribution in [1.82, 2.24) is 0 Å². The molecule has 1 aliphatic rings. The molecule has 0 atom stereocenters. The van der Waals surface area contributed by atoms with Crippen LogP contribution in [0.15, 0.2) is 47.4 Å². The second-order valence-corrected chi connectivity index (χ2v) is 6.55. The van der Waals surface area contributed by atoms with Gasteiger partial charge >= 0.3 is 0 Å². The number of nitrogens with zero attached hydrogens (tertiary/aromatic N) is 1. The number of halogens is 1. The van der Waals surface area contributed by atoms with E-state index >= 15 is 0 Å². The zero-order valence-corrected chi connectivity index (χ0v) is 14.8. The Kier molecular flexibility index (Phi) is 5.01. The Morgan fingerprint density at radius 1 is 1.24 bits per heavy atom. The highest BCUT2D eigenvalue weighted by Crippen LogP contribution is 2.38. The molecular weight excluding hydrogens is 362 g/mol. The van der Waals surface area contributed by atoms with E-state index in [1.54, 1.807) is 42.5 Å². The van der Waals surface area contributed by atoms with E-state index in [0.29, 0.717) is 28.6 Å². The minimum Gasteiger partial charge on any atom is -0.504 e. The maximum Gasteiger partial charge on any atom is 0.298 e. The maximum absolute atomic E-state index is 12.6. The standard InChI is InChI=1S/C18H14ClNO4S/c1-2-24-14-8-3-5-11(16(14)21)9-15-17(22)20(18(23)25-15)13-7-4-6-12(19)10-13/h3-10,21H,2H2,1H3. The van der Waals surface area contributed by atoms with Gasteiger partial charge in [-0.3, -0.25) is 9.59 Å². The van der Waals surface area contributed by atoms with Crippen molar-refractivity contribution in [2.24, 2.45) is 0 Å². The van der Waals surface area contributed by atoms with Gasteiger partial charge in [0.2, 0.25) is 0 Å². The van der Waals surface area contributed by atoms with Crippen LogP contribution in [0.5, 0.6) is 11.5 Å². The number of amides is 2. The van der Waals surface area contributed by atoms with E-state index in [2.05, 4.69) is 0 Å². The van der Waals surface area contributed by atoms with Gasteiger partial charge in [0, 0.05) is 10.6 Å². The molecule has 0 bridgehead atoms. The van der Waals surface area contributed by atoms with E-state index in [1.807, 2.05) is 6.92 Å². The van der Waals surface area contributed by atoms with Gasteiger partial charge in [-0.1, -0.05) is 29.8 Å². The molecule has 1 fully saturated rings. The predicted octanol–water partition coefficient (Wildman–Crippen LogP) is 4.69. The lowest BCUT2D eigenvalue weighted by Gasteiger charge is -2.12. The molecule has 1 saturated heterocycles. The highest BCUT2D eigenvalue weighted by molar-refractivity contribution is 8.19. The number of anilines is 1. The molecule has 1 aliphatic heterocycles. The first-order valence-corrected chi connectivity index (χ1v) is 8.69. The summed E-state index contributed by atoms with van der Waals surface area (Å²) in [6.07, 6.45) is 1.48.